The van der Waals surface area contributed by atoms with Gasteiger partial charge in [0.15, 0.2) is 0 Å². The van der Waals surface area contributed by atoms with Crippen molar-refractivity contribution in [3.63, 3.8) is 0 Å². The third-order valence-electron chi connectivity index (χ3n) is 3.93. The molecule has 18 heavy (non-hydrogen) atoms. The molecule has 0 aromatic heterocycles. The van der Waals surface area contributed by atoms with Crippen LogP contribution in [0.1, 0.15) is 36.8 Å². The molecule has 0 heterocycles. The predicted molar refractivity (Wildman–Crippen MR) is 65.5 cm³/mol. The Morgan fingerprint density at radius 2 is 2.00 bits per heavy atom. The van der Waals surface area contributed by atoms with E-state index in [0.717, 1.165) is 12.8 Å². The number of rotatable bonds is 3. The normalized spacial score (nSPS) is 17.7. The molecule has 3 nitrogen and oxygen atoms in total. The number of hydrogen-bond acceptors (Lipinski definition) is 2. The highest BCUT2D eigenvalue weighted by molar-refractivity contribution is 5.83. The molecule has 0 amide bonds. The number of benzene rings is 1. The van der Waals surface area contributed by atoms with E-state index in [0.29, 0.717) is 29.7 Å². The number of methoxy groups -OCH3 is 1. The molecule has 1 N–H and O–H groups in total. The van der Waals surface area contributed by atoms with Crippen LogP contribution in [0.15, 0.2) is 12.1 Å². The lowest BCUT2D eigenvalue weighted by atomic mass is 9.76. The lowest BCUT2D eigenvalue weighted by molar-refractivity contribution is -0.143. The molecule has 1 aromatic rings. The van der Waals surface area contributed by atoms with Crippen LogP contribution in [0.2, 0.25) is 0 Å². The number of hydrogen-bond donors (Lipinski definition) is 1. The third-order valence-corrected chi connectivity index (χ3v) is 3.93. The Kier molecular flexibility index (Phi) is 3.28. The molecule has 0 radical (unpaired) electrons. The van der Waals surface area contributed by atoms with Gasteiger partial charge in [-0.15, -0.1) is 0 Å². The standard InChI is InChI=1S/C14H17FO3/c1-9-10(15)5-6-11(18-2)12(9)14(13(16)17)7-3-4-8-14/h5-6H,3-4,7-8H2,1-2H3,(H,16,17). The molecule has 1 saturated carbocycles. The van der Waals surface area contributed by atoms with Crippen molar-refractivity contribution < 1.29 is 19.0 Å². The number of carboxylic acid groups (broad SMARTS) is 1. The molecule has 1 aromatic carbocycles. The quantitative estimate of drug-likeness (QED) is 0.899. The molecule has 1 aliphatic carbocycles. The first kappa shape index (κ1) is 12.9. The van der Waals surface area contributed by atoms with Crippen molar-refractivity contribution in [3.8, 4) is 5.75 Å². The molecule has 0 spiro atoms. The second-order valence-corrected chi connectivity index (χ2v) is 4.84. The summed E-state index contributed by atoms with van der Waals surface area (Å²) in [5.74, 6) is -0.788. The molecule has 0 atom stereocenters. The summed E-state index contributed by atoms with van der Waals surface area (Å²) in [5.41, 5.74) is -0.0917. The van der Waals surface area contributed by atoms with E-state index in [1.165, 1.54) is 19.2 Å². The minimum atomic E-state index is -0.989. The highest BCUT2D eigenvalue weighted by atomic mass is 19.1. The van der Waals surface area contributed by atoms with Gasteiger partial charge < -0.3 is 9.84 Å². The Hall–Kier alpha value is -1.58. The van der Waals surface area contributed by atoms with E-state index >= 15 is 0 Å². The zero-order valence-electron chi connectivity index (χ0n) is 10.6. The summed E-state index contributed by atoms with van der Waals surface area (Å²) in [7, 11) is 1.49. The molecule has 2 rings (SSSR count). The van der Waals surface area contributed by atoms with Gasteiger partial charge in [-0.1, -0.05) is 12.8 Å². The molecule has 4 heteroatoms. The Morgan fingerprint density at radius 1 is 1.39 bits per heavy atom. The maximum Gasteiger partial charge on any atom is 0.314 e. The van der Waals surface area contributed by atoms with Gasteiger partial charge in [0.1, 0.15) is 11.6 Å². The van der Waals surface area contributed by atoms with Crippen molar-refractivity contribution in [1.29, 1.82) is 0 Å². The highest BCUT2D eigenvalue weighted by Gasteiger charge is 2.46. The summed E-state index contributed by atoms with van der Waals surface area (Å²) in [6.07, 6.45) is 2.79. The van der Waals surface area contributed by atoms with Gasteiger partial charge in [0, 0.05) is 5.56 Å². The SMILES string of the molecule is COc1ccc(F)c(C)c1C1(C(=O)O)CCCC1. The topological polar surface area (TPSA) is 46.5 Å². The van der Waals surface area contributed by atoms with Crippen molar-refractivity contribution in [2.24, 2.45) is 0 Å². The lowest BCUT2D eigenvalue weighted by Gasteiger charge is -2.28. The fourth-order valence-electron chi connectivity index (χ4n) is 2.98. The first-order valence-electron chi connectivity index (χ1n) is 6.10. The maximum absolute atomic E-state index is 13.7. The summed E-state index contributed by atoms with van der Waals surface area (Å²) in [4.78, 5) is 11.7. The van der Waals surface area contributed by atoms with Gasteiger partial charge >= 0.3 is 5.97 Å². The molecule has 0 bridgehead atoms. The number of aliphatic carboxylic acids is 1. The Morgan fingerprint density at radius 3 is 2.50 bits per heavy atom. The second-order valence-electron chi connectivity index (χ2n) is 4.84. The summed E-state index contributed by atoms with van der Waals surface area (Å²) in [6.45, 7) is 1.62. The largest absolute Gasteiger partial charge is 0.496 e. The molecule has 1 aliphatic rings. The van der Waals surface area contributed by atoms with Crippen molar-refractivity contribution in [2.75, 3.05) is 7.11 Å². The monoisotopic (exact) mass is 252 g/mol. The minimum absolute atomic E-state index is 0.377. The van der Waals surface area contributed by atoms with Crippen LogP contribution >= 0.6 is 0 Å². The van der Waals surface area contributed by atoms with Crippen LogP contribution < -0.4 is 4.74 Å². The average Bonchev–Trinajstić information content (AvgIpc) is 2.82. The van der Waals surface area contributed by atoms with Crippen molar-refractivity contribution >= 4 is 5.97 Å². The van der Waals surface area contributed by atoms with Crippen LogP contribution in [0, 0.1) is 12.7 Å². The molecule has 0 aliphatic heterocycles. The van der Waals surface area contributed by atoms with Crippen LogP contribution in [0.4, 0.5) is 4.39 Å². The van der Waals surface area contributed by atoms with Crippen LogP contribution in [0.3, 0.4) is 0 Å². The molecule has 0 unspecified atom stereocenters. The van der Waals surface area contributed by atoms with Crippen molar-refractivity contribution in [1.82, 2.24) is 0 Å². The number of carbonyl (C=O) groups is 1. The maximum atomic E-state index is 13.7. The number of halogens is 1. The fraction of sp³-hybridized carbons (Fsp3) is 0.500. The first-order chi connectivity index (χ1) is 8.53. The Labute approximate surface area is 106 Å². The van der Waals surface area contributed by atoms with Crippen molar-refractivity contribution in [3.05, 3.63) is 29.1 Å². The smallest absolute Gasteiger partial charge is 0.314 e. The van der Waals surface area contributed by atoms with E-state index in [4.69, 9.17) is 4.74 Å². The highest BCUT2D eigenvalue weighted by Crippen LogP contribution is 2.46. The third kappa shape index (κ3) is 1.76. The van der Waals surface area contributed by atoms with Gasteiger partial charge in [0.2, 0.25) is 0 Å². The zero-order chi connectivity index (χ0) is 13.3. The summed E-state index contributed by atoms with van der Waals surface area (Å²) in [6, 6.07) is 2.84. The summed E-state index contributed by atoms with van der Waals surface area (Å²) in [5, 5.41) is 9.57. The average molecular weight is 252 g/mol. The number of carboxylic acids is 1. The van der Waals surface area contributed by atoms with Crippen LogP contribution in [-0.4, -0.2) is 18.2 Å². The van der Waals surface area contributed by atoms with E-state index in [9.17, 15) is 14.3 Å². The molecular formula is C14H17FO3. The van der Waals surface area contributed by atoms with E-state index < -0.39 is 11.4 Å². The van der Waals surface area contributed by atoms with Crippen molar-refractivity contribution in [2.45, 2.75) is 38.0 Å². The molecule has 98 valence electrons. The Bertz CT molecular complexity index is 476. The van der Waals surface area contributed by atoms with E-state index in [1.807, 2.05) is 0 Å². The second kappa shape index (κ2) is 4.59. The number of ether oxygens (including phenoxy) is 1. The Balaban J connectivity index is 2.67. The van der Waals surface area contributed by atoms with Crippen LogP contribution in [-0.2, 0) is 10.2 Å². The minimum Gasteiger partial charge on any atom is -0.496 e. The predicted octanol–water partition coefficient (Wildman–Crippen LogP) is 3.04. The first-order valence-corrected chi connectivity index (χ1v) is 6.10. The van der Waals surface area contributed by atoms with E-state index in [2.05, 4.69) is 0 Å². The van der Waals surface area contributed by atoms with Crippen LogP contribution in [0.5, 0.6) is 5.75 Å². The van der Waals surface area contributed by atoms with Gasteiger partial charge in [-0.2, -0.15) is 0 Å². The van der Waals surface area contributed by atoms with Gasteiger partial charge in [-0.25, -0.2) is 4.39 Å². The lowest BCUT2D eigenvalue weighted by Crippen LogP contribution is -2.34. The van der Waals surface area contributed by atoms with E-state index in [1.54, 1.807) is 6.92 Å². The van der Waals surface area contributed by atoms with Gasteiger partial charge in [-0.3, -0.25) is 4.79 Å². The van der Waals surface area contributed by atoms with E-state index in [-0.39, 0.29) is 5.82 Å². The fourth-order valence-corrected chi connectivity index (χ4v) is 2.98. The van der Waals surface area contributed by atoms with Gasteiger partial charge in [0.25, 0.3) is 0 Å². The summed E-state index contributed by atoms with van der Waals surface area (Å²) < 4.78 is 19.0. The van der Waals surface area contributed by atoms with Crippen LogP contribution in [0.25, 0.3) is 0 Å². The zero-order valence-corrected chi connectivity index (χ0v) is 10.6. The summed E-state index contributed by atoms with van der Waals surface area (Å²) >= 11 is 0. The van der Waals surface area contributed by atoms with Gasteiger partial charge in [-0.05, 0) is 37.5 Å². The van der Waals surface area contributed by atoms with Gasteiger partial charge in [0.05, 0.1) is 12.5 Å². The molecular weight excluding hydrogens is 235 g/mol. The molecule has 1 fully saturated rings. The molecule has 0 saturated heterocycles.